The molecule has 2 N–H and O–H groups in total. The summed E-state index contributed by atoms with van der Waals surface area (Å²) in [7, 11) is 2.05. The number of halogens is 1. The van der Waals surface area contributed by atoms with Crippen molar-refractivity contribution in [2.45, 2.75) is 33.1 Å². The minimum Gasteiger partial charge on any atom is -0.331 e. The zero-order valence-corrected chi connectivity index (χ0v) is 12.7. The second-order valence-corrected chi connectivity index (χ2v) is 6.36. The SMILES string of the molecule is Cn1c(CCC(C)(C)CCN)nc2ccc(Cl)cc21. The molecule has 2 aromatic rings. The summed E-state index contributed by atoms with van der Waals surface area (Å²) in [6, 6.07) is 5.84. The molecule has 104 valence electrons. The van der Waals surface area contributed by atoms with Gasteiger partial charge in [-0.3, -0.25) is 0 Å². The lowest BCUT2D eigenvalue weighted by Crippen LogP contribution is -2.18. The summed E-state index contributed by atoms with van der Waals surface area (Å²) >= 11 is 6.04. The highest BCUT2D eigenvalue weighted by Gasteiger charge is 2.18. The van der Waals surface area contributed by atoms with E-state index in [1.54, 1.807) is 0 Å². The molecule has 3 nitrogen and oxygen atoms in total. The number of hydrogen-bond donors (Lipinski definition) is 1. The van der Waals surface area contributed by atoms with E-state index in [2.05, 4.69) is 30.4 Å². The van der Waals surface area contributed by atoms with E-state index in [4.69, 9.17) is 17.3 Å². The van der Waals surface area contributed by atoms with Crippen LogP contribution in [0.25, 0.3) is 11.0 Å². The summed E-state index contributed by atoms with van der Waals surface area (Å²) in [6.45, 7) is 5.27. The number of hydrogen-bond acceptors (Lipinski definition) is 2. The molecule has 1 aromatic heterocycles. The van der Waals surface area contributed by atoms with E-state index in [1.165, 1.54) is 0 Å². The Morgan fingerprint density at radius 2 is 2.05 bits per heavy atom. The van der Waals surface area contributed by atoms with Gasteiger partial charge in [0.2, 0.25) is 0 Å². The second-order valence-electron chi connectivity index (χ2n) is 5.92. The van der Waals surface area contributed by atoms with Crippen LogP contribution >= 0.6 is 11.6 Å². The fraction of sp³-hybridized carbons (Fsp3) is 0.533. The Hall–Kier alpha value is -1.06. The van der Waals surface area contributed by atoms with Crippen LogP contribution in [0.5, 0.6) is 0 Å². The fourth-order valence-corrected chi connectivity index (χ4v) is 2.57. The molecule has 0 radical (unpaired) electrons. The number of imidazole rings is 1. The van der Waals surface area contributed by atoms with E-state index in [0.717, 1.165) is 47.7 Å². The average Bonchev–Trinajstić information content (AvgIpc) is 2.64. The first-order valence-corrected chi connectivity index (χ1v) is 7.12. The number of rotatable bonds is 5. The van der Waals surface area contributed by atoms with E-state index in [0.29, 0.717) is 0 Å². The summed E-state index contributed by atoms with van der Waals surface area (Å²) in [5.41, 5.74) is 8.03. The molecule has 0 amide bonds. The van der Waals surface area contributed by atoms with E-state index < -0.39 is 0 Å². The number of benzene rings is 1. The van der Waals surface area contributed by atoms with Gasteiger partial charge in [0.1, 0.15) is 5.82 Å². The maximum absolute atomic E-state index is 6.04. The maximum atomic E-state index is 6.04. The molecule has 0 aliphatic rings. The number of aromatic nitrogens is 2. The normalized spacial score (nSPS) is 12.3. The fourth-order valence-electron chi connectivity index (χ4n) is 2.40. The maximum Gasteiger partial charge on any atom is 0.109 e. The van der Waals surface area contributed by atoms with Gasteiger partial charge in [0, 0.05) is 18.5 Å². The molecule has 0 saturated heterocycles. The molecule has 0 bridgehead atoms. The number of nitrogens with zero attached hydrogens (tertiary/aromatic N) is 2. The minimum atomic E-state index is 0.268. The Morgan fingerprint density at radius 1 is 1.32 bits per heavy atom. The van der Waals surface area contributed by atoms with Crippen LogP contribution in [0, 0.1) is 5.41 Å². The van der Waals surface area contributed by atoms with Crippen molar-refractivity contribution in [3.05, 3.63) is 29.0 Å². The van der Waals surface area contributed by atoms with E-state index in [-0.39, 0.29) is 5.41 Å². The van der Waals surface area contributed by atoms with Crippen LogP contribution in [0.4, 0.5) is 0 Å². The molecule has 2 rings (SSSR count). The molecule has 0 spiro atoms. The quantitative estimate of drug-likeness (QED) is 0.910. The van der Waals surface area contributed by atoms with E-state index in [9.17, 15) is 0 Å². The highest BCUT2D eigenvalue weighted by Crippen LogP contribution is 2.27. The summed E-state index contributed by atoms with van der Waals surface area (Å²) in [4.78, 5) is 4.69. The Bertz CT molecular complexity index is 572. The molecule has 19 heavy (non-hydrogen) atoms. The molecular weight excluding hydrogens is 258 g/mol. The van der Waals surface area contributed by atoms with E-state index in [1.807, 2.05) is 18.2 Å². The van der Waals surface area contributed by atoms with Gasteiger partial charge in [0.05, 0.1) is 11.0 Å². The highest BCUT2D eigenvalue weighted by molar-refractivity contribution is 6.31. The van der Waals surface area contributed by atoms with Crippen LogP contribution in [0.2, 0.25) is 5.02 Å². The summed E-state index contributed by atoms with van der Waals surface area (Å²) in [5.74, 6) is 1.11. The predicted molar refractivity (Wildman–Crippen MR) is 81.5 cm³/mol. The smallest absolute Gasteiger partial charge is 0.109 e. The van der Waals surface area contributed by atoms with Crippen molar-refractivity contribution in [3.63, 3.8) is 0 Å². The molecule has 1 aromatic carbocycles. The van der Waals surface area contributed by atoms with Crippen LogP contribution in [0.15, 0.2) is 18.2 Å². The molecule has 1 heterocycles. The molecule has 4 heteroatoms. The Kier molecular flexibility index (Phi) is 4.16. The zero-order chi connectivity index (χ0) is 14.0. The van der Waals surface area contributed by atoms with Crippen LogP contribution in [-0.2, 0) is 13.5 Å². The standard InChI is InChI=1S/C15H22ClN3/c1-15(2,8-9-17)7-6-14-18-12-5-4-11(16)10-13(12)19(14)3/h4-5,10H,6-9,17H2,1-3H3. The van der Waals surface area contributed by atoms with Gasteiger partial charge in [0.15, 0.2) is 0 Å². The monoisotopic (exact) mass is 279 g/mol. The summed E-state index contributed by atoms with van der Waals surface area (Å²) in [6.07, 6.45) is 3.10. The third kappa shape index (κ3) is 3.28. The summed E-state index contributed by atoms with van der Waals surface area (Å²) < 4.78 is 2.14. The molecule has 0 fully saturated rings. The third-order valence-corrected chi connectivity index (χ3v) is 4.02. The van der Waals surface area contributed by atoms with Crippen molar-refractivity contribution in [1.82, 2.24) is 9.55 Å². The van der Waals surface area contributed by atoms with Crippen molar-refractivity contribution < 1.29 is 0 Å². The van der Waals surface area contributed by atoms with Gasteiger partial charge in [-0.2, -0.15) is 0 Å². The van der Waals surface area contributed by atoms with Gasteiger partial charge < -0.3 is 10.3 Å². The number of aryl methyl sites for hydroxylation is 2. The molecule has 0 aliphatic carbocycles. The largest absolute Gasteiger partial charge is 0.331 e. The second kappa shape index (κ2) is 5.51. The van der Waals surface area contributed by atoms with Gasteiger partial charge in [0.25, 0.3) is 0 Å². The van der Waals surface area contributed by atoms with E-state index >= 15 is 0 Å². The highest BCUT2D eigenvalue weighted by atomic mass is 35.5. The van der Waals surface area contributed by atoms with Crippen molar-refractivity contribution in [2.24, 2.45) is 18.2 Å². The first kappa shape index (κ1) is 14.4. The topological polar surface area (TPSA) is 43.8 Å². The van der Waals surface area contributed by atoms with Gasteiger partial charge in [-0.05, 0) is 43.0 Å². The van der Waals surface area contributed by atoms with Crippen molar-refractivity contribution in [2.75, 3.05) is 6.54 Å². The first-order chi connectivity index (χ1) is 8.93. The van der Waals surface area contributed by atoms with Crippen molar-refractivity contribution >= 4 is 22.6 Å². The Morgan fingerprint density at radius 3 is 2.74 bits per heavy atom. The van der Waals surface area contributed by atoms with Crippen LogP contribution < -0.4 is 5.73 Å². The lowest BCUT2D eigenvalue weighted by Gasteiger charge is -2.23. The third-order valence-electron chi connectivity index (χ3n) is 3.78. The molecular formula is C15H22ClN3. The number of fused-ring (bicyclic) bond motifs is 1. The predicted octanol–water partition coefficient (Wildman–Crippen LogP) is 3.53. The molecule has 0 saturated carbocycles. The summed E-state index contributed by atoms with van der Waals surface area (Å²) in [5, 5.41) is 0.755. The minimum absolute atomic E-state index is 0.268. The van der Waals surface area contributed by atoms with Crippen LogP contribution in [-0.4, -0.2) is 16.1 Å². The average molecular weight is 280 g/mol. The van der Waals surface area contributed by atoms with Crippen LogP contribution in [0.3, 0.4) is 0 Å². The lowest BCUT2D eigenvalue weighted by atomic mass is 9.84. The van der Waals surface area contributed by atoms with Crippen molar-refractivity contribution in [3.8, 4) is 0 Å². The van der Waals surface area contributed by atoms with Crippen LogP contribution in [0.1, 0.15) is 32.5 Å². The first-order valence-electron chi connectivity index (χ1n) is 6.74. The van der Waals surface area contributed by atoms with Gasteiger partial charge in [-0.25, -0.2) is 4.98 Å². The number of nitrogens with two attached hydrogens (primary N) is 1. The molecule has 0 aliphatic heterocycles. The zero-order valence-electron chi connectivity index (χ0n) is 11.9. The lowest BCUT2D eigenvalue weighted by molar-refractivity contribution is 0.310. The van der Waals surface area contributed by atoms with Gasteiger partial charge in [-0.1, -0.05) is 25.4 Å². The molecule has 0 atom stereocenters. The Balaban J connectivity index is 2.20. The van der Waals surface area contributed by atoms with Crippen molar-refractivity contribution in [1.29, 1.82) is 0 Å². The molecule has 0 unspecified atom stereocenters. The Labute approximate surface area is 119 Å². The van der Waals surface area contributed by atoms with Gasteiger partial charge >= 0.3 is 0 Å². The van der Waals surface area contributed by atoms with Gasteiger partial charge in [-0.15, -0.1) is 0 Å².